The van der Waals surface area contributed by atoms with Gasteiger partial charge in [-0.05, 0) is 36.5 Å². The standard InChI is InChI=1S/C14H20N2O2/c1-9-6-7-18-13(9)14(17)16-8-11-4-3-5-12(15)10(11)2/h3-5,9,13H,6-8,15H2,1-2H3,(H,16,17). The van der Waals surface area contributed by atoms with Gasteiger partial charge in [-0.2, -0.15) is 0 Å². The number of rotatable bonds is 3. The molecule has 1 aliphatic rings. The molecule has 1 fully saturated rings. The average Bonchev–Trinajstić information content (AvgIpc) is 2.77. The van der Waals surface area contributed by atoms with Crippen LogP contribution in [0.5, 0.6) is 0 Å². The van der Waals surface area contributed by atoms with Crippen LogP contribution in [0.15, 0.2) is 18.2 Å². The molecule has 4 nitrogen and oxygen atoms in total. The summed E-state index contributed by atoms with van der Waals surface area (Å²) in [5.74, 6) is 0.272. The summed E-state index contributed by atoms with van der Waals surface area (Å²) in [5.41, 5.74) is 8.67. The molecule has 2 rings (SSSR count). The lowest BCUT2D eigenvalue weighted by molar-refractivity contribution is -0.131. The Labute approximate surface area is 108 Å². The van der Waals surface area contributed by atoms with E-state index in [-0.39, 0.29) is 12.0 Å². The zero-order chi connectivity index (χ0) is 13.1. The van der Waals surface area contributed by atoms with Crippen molar-refractivity contribution in [3.8, 4) is 0 Å². The molecule has 98 valence electrons. The second-order valence-corrected chi connectivity index (χ2v) is 4.91. The van der Waals surface area contributed by atoms with Gasteiger partial charge in [0.25, 0.3) is 0 Å². The zero-order valence-electron chi connectivity index (χ0n) is 10.9. The lowest BCUT2D eigenvalue weighted by Gasteiger charge is -2.15. The predicted molar refractivity (Wildman–Crippen MR) is 71.0 cm³/mol. The molecule has 0 spiro atoms. The summed E-state index contributed by atoms with van der Waals surface area (Å²) in [7, 11) is 0. The molecule has 4 heteroatoms. The van der Waals surface area contributed by atoms with Gasteiger partial charge in [0.1, 0.15) is 6.10 Å². The Bertz CT molecular complexity index is 445. The fraction of sp³-hybridized carbons (Fsp3) is 0.500. The minimum atomic E-state index is -0.300. The second-order valence-electron chi connectivity index (χ2n) is 4.91. The number of carbonyl (C=O) groups is 1. The van der Waals surface area contributed by atoms with Crippen molar-refractivity contribution in [3.05, 3.63) is 29.3 Å². The number of anilines is 1. The van der Waals surface area contributed by atoms with Crippen LogP contribution in [0.4, 0.5) is 5.69 Å². The quantitative estimate of drug-likeness (QED) is 0.799. The van der Waals surface area contributed by atoms with Crippen molar-refractivity contribution in [3.63, 3.8) is 0 Å². The first-order chi connectivity index (χ1) is 8.59. The van der Waals surface area contributed by atoms with Crippen LogP contribution >= 0.6 is 0 Å². The molecule has 3 N–H and O–H groups in total. The van der Waals surface area contributed by atoms with E-state index in [9.17, 15) is 4.79 Å². The molecule has 1 saturated heterocycles. The van der Waals surface area contributed by atoms with E-state index in [4.69, 9.17) is 10.5 Å². The van der Waals surface area contributed by atoms with Crippen molar-refractivity contribution in [1.82, 2.24) is 5.32 Å². The summed E-state index contributed by atoms with van der Waals surface area (Å²) in [6.45, 7) is 5.19. The van der Waals surface area contributed by atoms with Crippen molar-refractivity contribution in [2.45, 2.75) is 32.9 Å². The van der Waals surface area contributed by atoms with Crippen molar-refractivity contribution in [1.29, 1.82) is 0 Å². The van der Waals surface area contributed by atoms with Gasteiger partial charge in [0.15, 0.2) is 0 Å². The Kier molecular flexibility index (Phi) is 3.87. The number of nitrogens with two attached hydrogens (primary N) is 1. The SMILES string of the molecule is Cc1c(N)cccc1CNC(=O)C1OCCC1C. The lowest BCUT2D eigenvalue weighted by atomic mass is 10.0. The van der Waals surface area contributed by atoms with Gasteiger partial charge in [0, 0.05) is 18.8 Å². The van der Waals surface area contributed by atoms with Crippen LogP contribution in [0.2, 0.25) is 0 Å². The van der Waals surface area contributed by atoms with E-state index in [0.717, 1.165) is 23.2 Å². The first-order valence-corrected chi connectivity index (χ1v) is 6.33. The third-order valence-corrected chi connectivity index (χ3v) is 3.59. The largest absolute Gasteiger partial charge is 0.399 e. The van der Waals surface area contributed by atoms with Gasteiger partial charge in [-0.25, -0.2) is 0 Å². The molecular formula is C14H20N2O2. The number of ether oxygens (including phenoxy) is 1. The number of nitrogen functional groups attached to an aromatic ring is 1. The number of nitrogens with one attached hydrogen (secondary N) is 1. The van der Waals surface area contributed by atoms with Crippen LogP contribution in [-0.2, 0) is 16.1 Å². The highest BCUT2D eigenvalue weighted by Crippen LogP contribution is 2.20. The summed E-state index contributed by atoms with van der Waals surface area (Å²) in [4.78, 5) is 12.0. The molecular weight excluding hydrogens is 228 g/mol. The molecule has 1 aromatic carbocycles. The van der Waals surface area contributed by atoms with E-state index in [1.807, 2.05) is 32.0 Å². The van der Waals surface area contributed by atoms with Gasteiger partial charge in [0.2, 0.25) is 5.91 Å². The fourth-order valence-corrected chi connectivity index (χ4v) is 2.21. The minimum absolute atomic E-state index is 0.0261. The molecule has 1 aromatic rings. The molecule has 0 saturated carbocycles. The Hall–Kier alpha value is -1.55. The third kappa shape index (κ3) is 2.64. The van der Waals surface area contributed by atoms with Crippen LogP contribution in [-0.4, -0.2) is 18.6 Å². The average molecular weight is 248 g/mol. The molecule has 0 aromatic heterocycles. The van der Waals surface area contributed by atoms with Gasteiger partial charge >= 0.3 is 0 Å². The Balaban J connectivity index is 1.95. The third-order valence-electron chi connectivity index (χ3n) is 3.59. The normalized spacial score (nSPS) is 23.0. The Morgan fingerprint density at radius 3 is 3.00 bits per heavy atom. The monoisotopic (exact) mass is 248 g/mol. The molecule has 0 bridgehead atoms. The van der Waals surface area contributed by atoms with Crippen LogP contribution in [0.25, 0.3) is 0 Å². The number of hydrogen-bond donors (Lipinski definition) is 2. The van der Waals surface area contributed by atoms with Crippen LogP contribution in [0.3, 0.4) is 0 Å². The number of amides is 1. The maximum atomic E-state index is 12.0. The summed E-state index contributed by atoms with van der Waals surface area (Å²) >= 11 is 0. The Morgan fingerprint density at radius 2 is 2.33 bits per heavy atom. The highest BCUT2D eigenvalue weighted by atomic mass is 16.5. The van der Waals surface area contributed by atoms with E-state index in [1.54, 1.807) is 0 Å². The summed E-state index contributed by atoms with van der Waals surface area (Å²) < 4.78 is 5.43. The molecule has 2 unspecified atom stereocenters. The summed E-state index contributed by atoms with van der Waals surface area (Å²) in [6, 6.07) is 5.74. The highest BCUT2D eigenvalue weighted by Gasteiger charge is 2.30. The minimum Gasteiger partial charge on any atom is -0.399 e. The topological polar surface area (TPSA) is 64.3 Å². The molecule has 1 heterocycles. The van der Waals surface area contributed by atoms with Crippen LogP contribution < -0.4 is 11.1 Å². The molecule has 0 radical (unpaired) electrons. The highest BCUT2D eigenvalue weighted by molar-refractivity contribution is 5.81. The maximum absolute atomic E-state index is 12.0. The first kappa shape index (κ1) is 12.9. The molecule has 0 aliphatic carbocycles. The zero-order valence-corrected chi connectivity index (χ0v) is 10.9. The van der Waals surface area contributed by atoms with Gasteiger partial charge in [-0.3, -0.25) is 4.79 Å². The van der Waals surface area contributed by atoms with Crippen molar-refractivity contribution >= 4 is 11.6 Å². The van der Waals surface area contributed by atoms with E-state index in [1.165, 1.54) is 0 Å². The molecule has 2 atom stereocenters. The number of benzene rings is 1. The van der Waals surface area contributed by atoms with Crippen molar-refractivity contribution < 1.29 is 9.53 Å². The molecule has 1 aliphatic heterocycles. The molecule has 1 amide bonds. The lowest BCUT2D eigenvalue weighted by Crippen LogP contribution is -2.36. The van der Waals surface area contributed by atoms with E-state index < -0.39 is 0 Å². The van der Waals surface area contributed by atoms with Crippen molar-refractivity contribution in [2.24, 2.45) is 5.92 Å². The van der Waals surface area contributed by atoms with E-state index in [2.05, 4.69) is 5.32 Å². The van der Waals surface area contributed by atoms with Crippen LogP contribution in [0, 0.1) is 12.8 Å². The Morgan fingerprint density at radius 1 is 1.56 bits per heavy atom. The molecule has 18 heavy (non-hydrogen) atoms. The van der Waals surface area contributed by atoms with Gasteiger partial charge in [-0.1, -0.05) is 19.1 Å². The van der Waals surface area contributed by atoms with Crippen LogP contribution in [0.1, 0.15) is 24.5 Å². The van der Waals surface area contributed by atoms with Gasteiger partial charge < -0.3 is 15.8 Å². The summed E-state index contributed by atoms with van der Waals surface area (Å²) in [5, 5.41) is 2.92. The van der Waals surface area contributed by atoms with Gasteiger partial charge in [0.05, 0.1) is 0 Å². The van der Waals surface area contributed by atoms with Gasteiger partial charge in [-0.15, -0.1) is 0 Å². The number of hydrogen-bond acceptors (Lipinski definition) is 3. The first-order valence-electron chi connectivity index (χ1n) is 6.33. The fourth-order valence-electron chi connectivity index (χ4n) is 2.21. The smallest absolute Gasteiger partial charge is 0.249 e. The predicted octanol–water partition coefficient (Wildman–Crippen LogP) is 1.62. The van der Waals surface area contributed by atoms with E-state index >= 15 is 0 Å². The maximum Gasteiger partial charge on any atom is 0.249 e. The second kappa shape index (κ2) is 5.40. The van der Waals surface area contributed by atoms with Crippen molar-refractivity contribution in [2.75, 3.05) is 12.3 Å². The summed E-state index contributed by atoms with van der Waals surface area (Å²) in [6.07, 6.45) is 0.654. The number of carbonyl (C=O) groups excluding carboxylic acids is 1. The van der Waals surface area contributed by atoms with E-state index in [0.29, 0.717) is 19.1 Å².